The van der Waals surface area contributed by atoms with Crippen molar-refractivity contribution in [2.45, 2.75) is 38.3 Å². The van der Waals surface area contributed by atoms with Crippen LogP contribution in [0, 0.1) is 13.8 Å². The third-order valence-corrected chi connectivity index (χ3v) is 6.54. The molecule has 0 aromatic carbocycles. The largest absolute Gasteiger partial charge is 0.465 e. The molecule has 10 heteroatoms. The number of nitrogens with one attached hydrogen (secondary N) is 1. The van der Waals surface area contributed by atoms with Crippen LogP contribution >= 0.6 is 23.1 Å². The molecule has 0 atom stereocenters. The van der Waals surface area contributed by atoms with Crippen molar-refractivity contribution < 1.29 is 14.3 Å². The maximum atomic E-state index is 12.5. The zero-order valence-corrected chi connectivity index (χ0v) is 17.4. The molecule has 1 aliphatic carbocycles. The molecular formula is C18H19N5O3S2. The Labute approximate surface area is 169 Å². The van der Waals surface area contributed by atoms with E-state index in [1.165, 1.54) is 30.2 Å². The quantitative estimate of drug-likeness (QED) is 0.503. The van der Waals surface area contributed by atoms with Crippen LogP contribution in [0.2, 0.25) is 0 Å². The summed E-state index contributed by atoms with van der Waals surface area (Å²) in [5, 5.41) is 8.30. The number of carbonyl (C=O) groups is 2. The Kier molecular flexibility index (Phi) is 5.07. The molecule has 1 aliphatic rings. The molecule has 1 N–H and O–H groups in total. The minimum atomic E-state index is -0.402. The van der Waals surface area contributed by atoms with E-state index in [4.69, 9.17) is 4.74 Å². The Balaban J connectivity index is 1.47. The van der Waals surface area contributed by atoms with Gasteiger partial charge in [0.05, 0.1) is 18.4 Å². The highest BCUT2D eigenvalue weighted by atomic mass is 32.2. The second kappa shape index (κ2) is 7.51. The van der Waals surface area contributed by atoms with E-state index in [0.717, 1.165) is 41.1 Å². The van der Waals surface area contributed by atoms with E-state index in [2.05, 4.69) is 20.4 Å². The van der Waals surface area contributed by atoms with Crippen LogP contribution in [-0.2, 0) is 22.4 Å². The molecule has 0 spiro atoms. The highest BCUT2D eigenvalue weighted by Crippen LogP contribution is 2.39. The Bertz CT molecular complexity index is 1090. The molecule has 3 heterocycles. The molecule has 1 amide bonds. The van der Waals surface area contributed by atoms with E-state index in [0.29, 0.717) is 21.5 Å². The first-order valence-electron chi connectivity index (χ1n) is 8.82. The second-order valence-corrected chi connectivity index (χ2v) is 8.58. The average Bonchev–Trinajstić information content (AvgIpc) is 3.33. The smallest absolute Gasteiger partial charge is 0.341 e. The number of ether oxygens (including phenoxy) is 1. The van der Waals surface area contributed by atoms with Crippen LogP contribution in [0.1, 0.15) is 38.6 Å². The zero-order valence-electron chi connectivity index (χ0n) is 15.7. The number of hydrogen-bond acceptors (Lipinski definition) is 8. The molecule has 3 aromatic heterocycles. The number of rotatable bonds is 5. The van der Waals surface area contributed by atoms with Crippen molar-refractivity contribution in [1.29, 1.82) is 0 Å². The topological polar surface area (TPSA) is 98.5 Å². The number of fused-ring (bicyclic) bond motifs is 2. The van der Waals surface area contributed by atoms with Gasteiger partial charge in [0.25, 0.3) is 5.78 Å². The lowest BCUT2D eigenvalue weighted by molar-refractivity contribution is -0.113. The monoisotopic (exact) mass is 417 g/mol. The number of thiophene rings is 1. The van der Waals surface area contributed by atoms with Gasteiger partial charge in [0.15, 0.2) is 0 Å². The molecular weight excluding hydrogens is 398 g/mol. The van der Waals surface area contributed by atoms with E-state index in [1.807, 2.05) is 19.9 Å². The van der Waals surface area contributed by atoms with Crippen LogP contribution in [0.25, 0.3) is 5.78 Å². The fraction of sp³-hybridized carbons (Fsp3) is 0.389. The number of hydrogen-bond donors (Lipinski definition) is 1. The standard InChI is InChI=1S/C18H19N5O3S2/c1-9-7-10(2)23-17(19-9)21-18(22-23)27-8-13(24)20-15-14(16(25)26-3)11-5-4-6-12(11)28-15/h7H,4-6,8H2,1-3H3,(H,20,24). The zero-order chi connectivity index (χ0) is 19.8. The molecule has 0 aliphatic heterocycles. The first-order chi connectivity index (χ1) is 13.5. The maximum Gasteiger partial charge on any atom is 0.341 e. The highest BCUT2D eigenvalue weighted by molar-refractivity contribution is 7.99. The Morgan fingerprint density at radius 1 is 1.32 bits per heavy atom. The SMILES string of the molecule is COC(=O)c1c(NC(=O)CSc2nc3nc(C)cc(C)n3n2)sc2c1CCC2. The van der Waals surface area contributed by atoms with E-state index < -0.39 is 5.97 Å². The lowest BCUT2D eigenvalue weighted by atomic mass is 10.1. The summed E-state index contributed by atoms with van der Waals surface area (Å²) in [5.41, 5.74) is 3.31. The number of aryl methyl sites for hydroxylation is 3. The Morgan fingerprint density at radius 3 is 2.93 bits per heavy atom. The van der Waals surface area contributed by atoms with Crippen LogP contribution in [0.3, 0.4) is 0 Å². The van der Waals surface area contributed by atoms with Crippen molar-refractivity contribution in [1.82, 2.24) is 19.6 Å². The van der Waals surface area contributed by atoms with Crippen molar-refractivity contribution in [3.05, 3.63) is 33.5 Å². The molecule has 0 bridgehead atoms. The average molecular weight is 418 g/mol. The fourth-order valence-electron chi connectivity index (χ4n) is 3.31. The first-order valence-corrected chi connectivity index (χ1v) is 10.6. The van der Waals surface area contributed by atoms with Crippen molar-refractivity contribution in [3.8, 4) is 0 Å². The van der Waals surface area contributed by atoms with Gasteiger partial charge >= 0.3 is 5.97 Å². The molecule has 146 valence electrons. The number of aromatic nitrogens is 4. The molecule has 8 nitrogen and oxygen atoms in total. The lowest BCUT2D eigenvalue weighted by Gasteiger charge is -2.06. The molecule has 0 saturated heterocycles. The van der Waals surface area contributed by atoms with Crippen molar-refractivity contribution in [3.63, 3.8) is 0 Å². The van der Waals surface area contributed by atoms with Gasteiger partial charge in [-0.1, -0.05) is 11.8 Å². The second-order valence-electron chi connectivity index (χ2n) is 6.53. The van der Waals surface area contributed by atoms with Crippen molar-refractivity contribution >= 4 is 45.8 Å². The predicted octanol–water partition coefficient (Wildman–Crippen LogP) is 2.81. The van der Waals surface area contributed by atoms with Crippen LogP contribution in [-0.4, -0.2) is 44.3 Å². The number of methoxy groups -OCH3 is 1. The summed E-state index contributed by atoms with van der Waals surface area (Å²) in [5.74, 6) is 0.0390. The number of anilines is 1. The highest BCUT2D eigenvalue weighted by Gasteiger charge is 2.28. The molecule has 4 rings (SSSR count). The summed E-state index contributed by atoms with van der Waals surface area (Å²) in [7, 11) is 1.36. The number of carbonyl (C=O) groups excluding carboxylic acids is 2. The van der Waals surface area contributed by atoms with Gasteiger partial charge in [0.2, 0.25) is 11.1 Å². The van der Waals surface area contributed by atoms with Gasteiger partial charge < -0.3 is 10.1 Å². The summed E-state index contributed by atoms with van der Waals surface area (Å²) < 4.78 is 6.57. The van der Waals surface area contributed by atoms with Crippen LogP contribution < -0.4 is 5.32 Å². The number of amides is 1. The maximum absolute atomic E-state index is 12.5. The predicted molar refractivity (Wildman–Crippen MR) is 107 cm³/mol. The van der Waals surface area contributed by atoms with E-state index >= 15 is 0 Å². The van der Waals surface area contributed by atoms with E-state index in [1.54, 1.807) is 4.52 Å². The lowest BCUT2D eigenvalue weighted by Crippen LogP contribution is -2.16. The molecule has 3 aromatic rings. The summed E-state index contributed by atoms with van der Waals surface area (Å²) in [6, 6.07) is 1.92. The van der Waals surface area contributed by atoms with Crippen molar-refractivity contribution in [2.24, 2.45) is 0 Å². The Hall–Kier alpha value is -2.46. The Morgan fingerprint density at radius 2 is 2.14 bits per heavy atom. The minimum Gasteiger partial charge on any atom is -0.465 e. The van der Waals surface area contributed by atoms with Gasteiger partial charge in [-0.15, -0.1) is 16.4 Å². The molecule has 0 saturated carbocycles. The molecule has 28 heavy (non-hydrogen) atoms. The third kappa shape index (κ3) is 3.49. The first kappa shape index (κ1) is 18.9. The normalized spacial score (nSPS) is 13.0. The van der Waals surface area contributed by atoms with Crippen LogP contribution in [0.15, 0.2) is 11.2 Å². The summed E-state index contributed by atoms with van der Waals surface area (Å²) in [6.07, 6.45) is 2.81. The van der Waals surface area contributed by atoms with Crippen molar-refractivity contribution in [2.75, 3.05) is 18.2 Å². The summed E-state index contributed by atoms with van der Waals surface area (Å²) in [4.78, 5) is 34.5. The molecule has 0 fully saturated rings. The minimum absolute atomic E-state index is 0.137. The third-order valence-electron chi connectivity index (χ3n) is 4.49. The summed E-state index contributed by atoms with van der Waals surface area (Å²) >= 11 is 2.69. The van der Waals surface area contributed by atoms with Gasteiger partial charge in [-0.25, -0.2) is 14.3 Å². The van der Waals surface area contributed by atoms with Gasteiger partial charge in [-0.05, 0) is 44.7 Å². The number of esters is 1. The number of thioether (sulfide) groups is 1. The van der Waals surface area contributed by atoms with Gasteiger partial charge in [-0.3, -0.25) is 4.79 Å². The number of nitrogens with zero attached hydrogens (tertiary/aromatic N) is 4. The van der Waals surface area contributed by atoms with Gasteiger partial charge in [-0.2, -0.15) is 4.98 Å². The summed E-state index contributed by atoms with van der Waals surface area (Å²) in [6.45, 7) is 3.83. The van der Waals surface area contributed by atoms with E-state index in [9.17, 15) is 9.59 Å². The molecule has 0 radical (unpaired) electrons. The van der Waals surface area contributed by atoms with Gasteiger partial charge in [0, 0.05) is 16.3 Å². The van der Waals surface area contributed by atoms with E-state index in [-0.39, 0.29) is 11.7 Å². The van der Waals surface area contributed by atoms with Gasteiger partial charge in [0.1, 0.15) is 5.00 Å². The van der Waals surface area contributed by atoms with Crippen LogP contribution in [0.5, 0.6) is 0 Å². The molecule has 0 unspecified atom stereocenters. The van der Waals surface area contributed by atoms with Crippen LogP contribution in [0.4, 0.5) is 5.00 Å². The fourth-order valence-corrected chi connectivity index (χ4v) is 5.22.